The Morgan fingerprint density at radius 3 is 2.21 bits per heavy atom. The summed E-state index contributed by atoms with van der Waals surface area (Å²) in [6, 6.07) is 3.52. The van der Waals surface area contributed by atoms with E-state index in [9.17, 15) is 18.0 Å². The fourth-order valence-electron chi connectivity index (χ4n) is 0.801. The molecule has 0 aromatic heterocycles. The smallest absolute Gasteiger partial charge is 0.417 e. The molecule has 0 heterocycles. The first kappa shape index (κ1) is 19.1. The van der Waals surface area contributed by atoms with Crippen molar-refractivity contribution in [3.8, 4) is 0 Å². The number of hydrogen-bond acceptors (Lipinski definition) is 4. The fraction of sp³-hybridized carbons (Fsp3) is 0.222. The van der Waals surface area contributed by atoms with Crippen LogP contribution < -0.4 is 0 Å². The van der Waals surface area contributed by atoms with Crippen LogP contribution in [0.3, 0.4) is 0 Å². The number of alkyl halides is 3. The Kier molecular flexibility index (Phi) is 9.10. The molecule has 0 N–H and O–H groups in total. The van der Waals surface area contributed by atoms with Crippen LogP contribution >= 0.6 is 54.9 Å². The highest BCUT2D eigenvalue weighted by atomic mass is 35.7. The minimum atomic E-state index is -4.43. The van der Waals surface area contributed by atoms with Crippen molar-refractivity contribution in [3.63, 3.8) is 0 Å². The molecule has 0 spiro atoms. The molecule has 2 nitrogen and oxygen atoms in total. The molecule has 10 heteroatoms. The molecule has 0 atom stereocenters. The van der Waals surface area contributed by atoms with E-state index in [4.69, 9.17) is 33.0 Å². The van der Waals surface area contributed by atoms with Crippen molar-refractivity contribution in [2.45, 2.75) is 11.1 Å². The summed E-state index contributed by atoms with van der Waals surface area (Å²) in [7, 11) is 12.7. The summed E-state index contributed by atoms with van der Waals surface area (Å²) in [6.07, 6.45) is -4.43. The number of methoxy groups -OCH3 is 1. The Labute approximate surface area is 129 Å². The summed E-state index contributed by atoms with van der Waals surface area (Å²) in [6.45, 7) is 0. The van der Waals surface area contributed by atoms with Crippen LogP contribution in [0.1, 0.15) is 5.56 Å². The Balaban J connectivity index is 0.000000459. The van der Waals surface area contributed by atoms with Crippen LogP contribution in [-0.4, -0.2) is 12.4 Å². The zero-order chi connectivity index (χ0) is 15.1. The summed E-state index contributed by atoms with van der Waals surface area (Å²) in [5, 5.41) is -0.793. The number of halogens is 6. The van der Waals surface area contributed by atoms with E-state index in [0.717, 1.165) is 17.0 Å². The van der Waals surface area contributed by atoms with Crippen molar-refractivity contribution >= 4 is 60.2 Å². The molecule has 0 aliphatic rings. The summed E-state index contributed by atoms with van der Waals surface area (Å²) >= 11 is 5.37. The van der Waals surface area contributed by atoms with Crippen LogP contribution in [-0.2, 0) is 10.9 Å². The van der Waals surface area contributed by atoms with E-state index in [2.05, 4.69) is 4.74 Å². The highest BCUT2D eigenvalue weighted by Crippen LogP contribution is 2.37. The number of ether oxygens (including phenoxy) is 1. The maximum atomic E-state index is 12.2. The minimum Gasteiger partial charge on any atom is -0.460 e. The zero-order valence-corrected chi connectivity index (χ0v) is 13.0. The molecule has 0 bridgehead atoms. The molecule has 0 amide bonds. The number of carbonyl (C=O) groups excluding carboxylic acids is 1. The monoisotopic (exact) mass is 372 g/mol. The van der Waals surface area contributed by atoms with Crippen LogP contribution in [0.4, 0.5) is 18.0 Å². The van der Waals surface area contributed by atoms with Crippen molar-refractivity contribution in [1.29, 1.82) is 0 Å². The standard InChI is InChI=1S/C7H3Cl2F3S.C2H3ClO2S/c8-6-2-1-4(13-9)3-5(6)7(10,11)12;1-5-2(4)6-3/h1-3H;1H3. The molecule has 1 aromatic rings. The fourth-order valence-corrected chi connectivity index (χ4v) is 1.85. The Morgan fingerprint density at radius 1 is 1.32 bits per heavy atom. The van der Waals surface area contributed by atoms with Gasteiger partial charge in [0.05, 0.1) is 28.7 Å². The summed E-state index contributed by atoms with van der Waals surface area (Å²) in [4.78, 5) is 10.1. The zero-order valence-electron chi connectivity index (χ0n) is 9.13. The van der Waals surface area contributed by atoms with Gasteiger partial charge in [-0.05, 0) is 50.5 Å². The van der Waals surface area contributed by atoms with Crippen LogP contribution in [0.15, 0.2) is 23.1 Å². The summed E-state index contributed by atoms with van der Waals surface area (Å²) in [5.41, 5.74) is -0.861. The van der Waals surface area contributed by atoms with Gasteiger partial charge in [0.15, 0.2) is 0 Å². The first-order valence-electron chi connectivity index (χ1n) is 4.28. The maximum Gasteiger partial charge on any atom is 0.417 e. The van der Waals surface area contributed by atoms with Crippen LogP contribution in [0.2, 0.25) is 5.02 Å². The van der Waals surface area contributed by atoms with Gasteiger partial charge in [-0.15, -0.1) is 0 Å². The third kappa shape index (κ3) is 7.41. The van der Waals surface area contributed by atoms with E-state index in [1.807, 2.05) is 0 Å². The second-order valence-electron chi connectivity index (χ2n) is 2.75. The lowest BCUT2D eigenvalue weighted by Gasteiger charge is -2.09. The third-order valence-corrected chi connectivity index (χ3v) is 3.53. The molecule has 108 valence electrons. The van der Waals surface area contributed by atoms with E-state index in [1.54, 1.807) is 0 Å². The number of carbonyl (C=O) groups is 1. The highest BCUT2D eigenvalue weighted by molar-refractivity contribution is 8.32. The topological polar surface area (TPSA) is 26.3 Å². The van der Waals surface area contributed by atoms with Crippen molar-refractivity contribution in [2.75, 3.05) is 7.11 Å². The molecule has 0 saturated heterocycles. The molecular weight excluding hydrogens is 368 g/mol. The second-order valence-corrected chi connectivity index (χ2v) is 5.19. The van der Waals surface area contributed by atoms with Gasteiger partial charge in [-0.2, -0.15) is 13.2 Å². The van der Waals surface area contributed by atoms with Gasteiger partial charge in [-0.25, -0.2) is 4.79 Å². The van der Waals surface area contributed by atoms with E-state index in [1.165, 1.54) is 19.2 Å². The van der Waals surface area contributed by atoms with E-state index in [-0.39, 0.29) is 5.02 Å². The van der Waals surface area contributed by atoms with E-state index < -0.39 is 17.0 Å². The number of benzene rings is 1. The van der Waals surface area contributed by atoms with Crippen LogP contribution in [0, 0.1) is 0 Å². The first-order valence-corrected chi connectivity index (χ1v) is 7.94. The third-order valence-electron chi connectivity index (χ3n) is 1.56. The predicted octanol–water partition coefficient (Wildman–Crippen LogP) is 6.24. The predicted molar refractivity (Wildman–Crippen MR) is 74.0 cm³/mol. The molecular formula is C9H6Cl3F3O2S2. The van der Waals surface area contributed by atoms with Gasteiger partial charge in [-0.1, -0.05) is 11.6 Å². The largest absolute Gasteiger partial charge is 0.460 e. The van der Waals surface area contributed by atoms with E-state index >= 15 is 0 Å². The lowest BCUT2D eigenvalue weighted by atomic mass is 10.2. The molecule has 1 aromatic carbocycles. The second kappa shape index (κ2) is 9.07. The average Bonchev–Trinajstić information content (AvgIpc) is 2.37. The Bertz CT molecular complexity index is 424. The van der Waals surface area contributed by atoms with Gasteiger partial charge in [0.1, 0.15) is 0 Å². The molecule has 0 unspecified atom stereocenters. The number of rotatable bonds is 1. The Morgan fingerprint density at radius 2 is 1.89 bits per heavy atom. The Hall–Kier alpha value is 0.0500. The lowest BCUT2D eigenvalue weighted by Crippen LogP contribution is -2.05. The van der Waals surface area contributed by atoms with Gasteiger partial charge >= 0.3 is 11.5 Å². The molecule has 0 radical (unpaired) electrons. The van der Waals surface area contributed by atoms with Gasteiger partial charge < -0.3 is 4.74 Å². The number of hydrogen-bond donors (Lipinski definition) is 0. The normalized spacial score (nSPS) is 10.5. The average molecular weight is 374 g/mol. The minimum absolute atomic E-state index is 0.318. The molecule has 1 rings (SSSR count). The molecule has 0 aliphatic heterocycles. The van der Waals surface area contributed by atoms with Gasteiger partial charge in [0.25, 0.3) is 0 Å². The van der Waals surface area contributed by atoms with E-state index in [0.29, 0.717) is 15.9 Å². The van der Waals surface area contributed by atoms with Crippen LogP contribution in [0.5, 0.6) is 0 Å². The van der Waals surface area contributed by atoms with Crippen molar-refractivity contribution in [2.24, 2.45) is 0 Å². The lowest BCUT2D eigenvalue weighted by molar-refractivity contribution is -0.137. The summed E-state index contributed by atoms with van der Waals surface area (Å²) in [5.74, 6) is 0. The summed E-state index contributed by atoms with van der Waals surface area (Å²) < 4.78 is 40.8. The molecule has 0 fully saturated rings. The van der Waals surface area contributed by atoms with Gasteiger partial charge in [-0.3, -0.25) is 0 Å². The van der Waals surface area contributed by atoms with Crippen molar-refractivity contribution in [1.82, 2.24) is 0 Å². The van der Waals surface area contributed by atoms with Gasteiger partial charge in [0.2, 0.25) is 0 Å². The maximum absolute atomic E-state index is 12.2. The highest BCUT2D eigenvalue weighted by Gasteiger charge is 2.33. The molecule has 0 saturated carbocycles. The van der Waals surface area contributed by atoms with Crippen molar-refractivity contribution < 1.29 is 22.7 Å². The quantitative estimate of drug-likeness (QED) is 0.544. The van der Waals surface area contributed by atoms with Gasteiger partial charge in [0, 0.05) is 4.90 Å². The van der Waals surface area contributed by atoms with Crippen molar-refractivity contribution in [3.05, 3.63) is 28.8 Å². The molecule has 19 heavy (non-hydrogen) atoms. The first-order chi connectivity index (χ1) is 8.76. The van der Waals surface area contributed by atoms with Crippen LogP contribution in [0.25, 0.3) is 0 Å². The SMILES string of the molecule is COC(=O)SCl.FC(F)(F)c1cc(SCl)ccc1Cl. The molecule has 0 aliphatic carbocycles.